The normalized spacial score (nSPS) is 9.95. The van der Waals surface area contributed by atoms with Gasteiger partial charge in [0.25, 0.3) is 11.8 Å². The Morgan fingerprint density at radius 3 is 2.53 bits per heavy atom. The Balaban J connectivity index is 2.00. The summed E-state index contributed by atoms with van der Waals surface area (Å²) in [6, 6.07) is 8.08. The molecular formula is C13H12N2O3S. The van der Waals surface area contributed by atoms with E-state index in [9.17, 15) is 14.7 Å². The fourth-order valence-corrected chi connectivity index (χ4v) is 2.10. The summed E-state index contributed by atoms with van der Waals surface area (Å²) >= 11 is 1.27. The molecule has 1 heterocycles. The Bertz CT molecular complexity index is 608. The van der Waals surface area contributed by atoms with Crippen LogP contribution in [-0.2, 0) is 0 Å². The van der Waals surface area contributed by atoms with Crippen molar-refractivity contribution in [2.24, 2.45) is 0 Å². The number of rotatable bonds is 2. The summed E-state index contributed by atoms with van der Waals surface area (Å²) < 4.78 is 0. The van der Waals surface area contributed by atoms with Gasteiger partial charge < -0.3 is 5.11 Å². The van der Waals surface area contributed by atoms with Crippen molar-refractivity contribution in [1.82, 2.24) is 10.9 Å². The molecule has 0 aliphatic rings. The zero-order valence-electron chi connectivity index (χ0n) is 10.1. The molecule has 5 nitrogen and oxygen atoms in total. The smallest absolute Gasteiger partial charge is 0.279 e. The van der Waals surface area contributed by atoms with Crippen molar-refractivity contribution in [2.75, 3.05) is 0 Å². The van der Waals surface area contributed by atoms with E-state index in [1.54, 1.807) is 30.5 Å². The lowest BCUT2D eigenvalue weighted by atomic mass is 10.1. The molecule has 0 fully saturated rings. The summed E-state index contributed by atoms with van der Waals surface area (Å²) in [6.45, 7) is 1.81. The third kappa shape index (κ3) is 3.11. The fraction of sp³-hybridized carbons (Fsp3) is 0.0769. The van der Waals surface area contributed by atoms with Crippen molar-refractivity contribution >= 4 is 23.2 Å². The number of phenolic OH excluding ortho intramolecular Hbond substituents is 1. The maximum atomic E-state index is 11.8. The topological polar surface area (TPSA) is 78.4 Å². The van der Waals surface area contributed by atoms with Crippen molar-refractivity contribution in [3.8, 4) is 5.75 Å². The van der Waals surface area contributed by atoms with E-state index in [0.29, 0.717) is 4.88 Å². The zero-order valence-corrected chi connectivity index (χ0v) is 11.0. The van der Waals surface area contributed by atoms with Crippen LogP contribution in [0.2, 0.25) is 0 Å². The molecule has 2 rings (SSSR count). The number of nitrogens with one attached hydrogen (secondary N) is 2. The molecule has 1 aromatic carbocycles. The van der Waals surface area contributed by atoms with E-state index in [1.807, 2.05) is 0 Å². The monoisotopic (exact) mass is 276 g/mol. The Morgan fingerprint density at radius 2 is 1.89 bits per heavy atom. The van der Waals surface area contributed by atoms with Gasteiger partial charge in [-0.1, -0.05) is 12.1 Å². The molecule has 0 spiro atoms. The van der Waals surface area contributed by atoms with Crippen LogP contribution >= 0.6 is 11.3 Å². The van der Waals surface area contributed by atoms with E-state index >= 15 is 0 Å². The van der Waals surface area contributed by atoms with Crippen LogP contribution in [0.5, 0.6) is 5.75 Å². The Kier molecular flexibility index (Phi) is 3.82. The van der Waals surface area contributed by atoms with Gasteiger partial charge in [-0.3, -0.25) is 20.4 Å². The number of carbonyl (C=O) groups is 2. The van der Waals surface area contributed by atoms with Crippen molar-refractivity contribution in [3.05, 3.63) is 51.7 Å². The molecule has 1 aromatic heterocycles. The first kappa shape index (κ1) is 13.1. The molecule has 2 amide bonds. The summed E-state index contributed by atoms with van der Waals surface area (Å²) in [6.07, 6.45) is 0. The van der Waals surface area contributed by atoms with Crippen LogP contribution in [0, 0.1) is 6.92 Å². The van der Waals surface area contributed by atoms with Gasteiger partial charge in [0.1, 0.15) is 5.75 Å². The number of carbonyl (C=O) groups excluding carboxylic acids is 2. The summed E-state index contributed by atoms with van der Waals surface area (Å²) in [7, 11) is 0. The van der Waals surface area contributed by atoms with Crippen molar-refractivity contribution < 1.29 is 14.7 Å². The largest absolute Gasteiger partial charge is 0.507 e. The second-order valence-corrected chi connectivity index (χ2v) is 4.85. The molecule has 98 valence electrons. The lowest BCUT2D eigenvalue weighted by Gasteiger charge is -2.08. The molecule has 6 heteroatoms. The molecule has 2 aromatic rings. The average molecular weight is 276 g/mol. The molecule has 0 unspecified atom stereocenters. The fourth-order valence-electron chi connectivity index (χ4n) is 1.48. The molecular weight excluding hydrogens is 264 g/mol. The molecule has 0 bridgehead atoms. The van der Waals surface area contributed by atoms with Gasteiger partial charge in [-0.25, -0.2) is 0 Å². The van der Waals surface area contributed by atoms with Gasteiger partial charge in [-0.05, 0) is 36.1 Å². The van der Waals surface area contributed by atoms with Crippen molar-refractivity contribution in [1.29, 1.82) is 0 Å². The van der Waals surface area contributed by atoms with E-state index in [1.165, 1.54) is 23.5 Å². The summed E-state index contributed by atoms with van der Waals surface area (Å²) in [5, 5.41) is 11.4. The van der Waals surface area contributed by atoms with E-state index < -0.39 is 11.8 Å². The maximum absolute atomic E-state index is 11.8. The van der Waals surface area contributed by atoms with Gasteiger partial charge in [0, 0.05) is 0 Å². The number of hydrogen-bond acceptors (Lipinski definition) is 4. The molecule has 0 aliphatic carbocycles. The third-order valence-electron chi connectivity index (χ3n) is 2.43. The number of hydrogen-bond donors (Lipinski definition) is 3. The van der Waals surface area contributed by atoms with Gasteiger partial charge >= 0.3 is 0 Å². The molecule has 0 aliphatic heterocycles. The van der Waals surface area contributed by atoms with Crippen molar-refractivity contribution in [2.45, 2.75) is 6.92 Å². The predicted octanol–water partition coefficient (Wildman–Crippen LogP) is 1.84. The molecule has 0 saturated heterocycles. The van der Waals surface area contributed by atoms with Gasteiger partial charge in [0.2, 0.25) is 0 Å². The van der Waals surface area contributed by atoms with Crippen LogP contribution in [0.15, 0.2) is 35.7 Å². The van der Waals surface area contributed by atoms with E-state index in [0.717, 1.165) is 5.56 Å². The Labute approximate surface area is 113 Å². The van der Waals surface area contributed by atoms with Crippen LogP contribution in [0.4, 0.5) is 0 Å². The SMILES string of the molecule is Cc1ccc(C(=O)NNC(=O)c2cccs2)c(O)c1. The highest BCUT2D eigenvalue weighted by atomic mass is 32.1. The number of aromatic hydroxyl groups is 1. The van der Waals surface area contributed by atoms with Gasteiger partial charge in [0.15, 0.2) is 0 Å². The first-order chi connectivity index (χ1) is 9.08. The number of amides is 2. The number of phenols is 1. The van der Waals surface area contributed by atoms with Crippen molar-refractivity contribution in [3.63, 3.8) is 0 Å². The highest BCUT2D eigenvalue weighted by Crippen LogP contribution is 2.17. The number of thiophene rings is 1. The molecule has 0 saturated carbocycles. The molecule has 0 radical (unpaired) electrons. The minimum Gasteiger partial charge on any atom is -0.507 e. The van der Waals surface area contributed by atoms with E-state index in [4.69, 9.17) is 0 Å². The minimum absolute atomic E-state index is 0.108. The lowest BCUT2D eigenvalue weighted by Crippen LogP contribution is -2.41. The van der Waals surface area contributed by atoms with Crippen LogP contribution in [0.25, 0.3) is 0 Å². The summed E-state index contributed by atoms with van der Waals surface area (Å²) in [5.41, 5.74) is 5.49. The third-order valence-corrected chi connectivity index (χ3v) is 3.30. The number of aryl methyl sites for hydroxylation is 1. The second-order valence-electron chi connectivity index (χ2n) is 3.91. The minimum atomic E-state index is -0.567. The highest BCUT2D eigenvalue weighted by Gasteiger charge is 2.12. The van der Waals surface area contributed by atoms with Gasteiger partial charge in [-0.2, -0.15) is 0 Å². The number of hydrazine groups is 1. The lowest BCUT2D eigenvalue weighted by molar-refractivity contribution is 0.0847. The summed E-state index contributed by atoms with van der Waals surface area (Å²) in [5.74, 6) is -1.08. The van der Waals surface area contributed by atoms with Gasteiger partial charge in [-0.15, -0.1) is 11.3 Å². The quantitative estimate of drug-likeness (QED) is 0.732. The Morgan fingerprint density at radius 1 is 1.16 bits per heavy atom. The van der Waals surface area contributed by atoms with E-state index in [-0.39, 0.29) is 11.3 Å². The van der Waals surface area contributed by atoms with Gasteiger partial charge in [0.05, 0.1) is 10.4 Å². The molecule has 0 atom stereocenters. The molecule has 3 N–H and O–H groups in total. The molecule has 19 heavy (non-hydrogen) atoms. The van der Waals surface area contributed by atoms with Crippen LogP contribution < -0.4 is 10.9 Å². The maximum Gasteiger partial charge on any atom is 0.279 e. The predicted molar refractivity (Wildman–Crippen MR) is 72.1 cm³/mol. The van der Waals surface area contributed by atoms with Crippen LogP contribution in [-0.4, -0.2) is 16.9 Å². The Hall–Kier alpha value is -2.34. The standard InChI is InChI=1S/C13H12N2O3S/c1-8-4-5-9(10(16)7-8)12(17)14-15-13(18)11-3-2-6-19-11/h2-7,16H,1H3,(H,14,17)(H,15,18). The first-order valence-corrected chi connectivity index (χ1v) is 6.39. The first-order valence-electron chi connectivity index (χ1n) is 5.52. The second kappa shape index (κ2) is 5.53. The van der Waals surface area contributed by atoms with Crippen LogP contribution in [0.3, 0.4) is 0 Å². The van der Waals surface area contributed by atoms with E-state index in [2.05, 4.69) is 10.9 Å². The van der Waals surface area contributed by atoms with Crippen LogP contribution in [0.1, 0.15) is 25.6 Å². The average Bonchev–Trinajstić information content (AvgIpc) is 2.89. The summed E-state index contributed by atoms with van der Waals surface area (Å²) in [4.78, 5) is 23.9. The zero-order chi connectivity index (χ0) is 13.8. The number of benzene rings is 1. The highest BCUT2D eigenvalue weighted by molar-refractivity contribution is 7.12.